The van der Waals surface area contributed by atoms with Gasteiger partial charge in [-0.05, 0) is 32.9 Å². The lowest BCUT2D eigenvalue weighted by Crippen LogP contribution is -2.55. The van der Waals surface area contributed by atoms with Gasteiger partial charge in [-0.1, -0.05) is 36.4 Å². The van der Waals surface area contributed by atoms with Crippen LogP contribution >= 0.6 is 0 Å². The van der Waals surface area contributed by atoms with E-state index in [1.165, 1.54) is 4.90 Å². The number of amides is 1. The van der Waals surface area contributed by atoms with Crippen LogP contribution in [0.4, 0.5) is 4.79 Å². The number of aliphatic hydroxyl groups excluding tert-OH is 2. The molecule has 6 heteroatoms. The number of benzene rings is 2. The summed E-state index contributed by atoms with van der Waals surface area (Å²) >= 11 is 0. The van der Waals surface area contributed by atoms with Crippen molar-refractivity contribution in [2.75, 3.05) is 13.1 Å². The zero-order chi connectivity index (χ0) is 20.1. The average Bonchev–Trinajstić information content (AvgIpc) is 2.97. The molecule has 3 atom stereocenters. The van der Waals surface area contributed by atoms with E-state index < -0.39 is 29.9 Å². The highest BCUT2D eigenvalue weighted by atomic mass is 16.6. The normalized spacial score (nSPS) is 23.3. The van der Waals surface area contributed by atoms with Crippen LogP contribution in [-0.4, -0.2) is 56.7 Å². The van der Waals surface area contributed by atoms with E-state index in [1.807, 2.05) is 73.9 Å². The van der Waals surface area contributed by atoms with Gasteiger partial charge < -0.3 is 24.4 Å². The van der Waals surface area contributed by atoms with E-state index in [0.717, 1.165) is 21.8 Å². The molecule has 0 radical (unpaired) electrons. The zero-order valence-electron chi connectivity index (χ0n) is 16.4. The lowest BCUT2D eigenvalue weighted by molar-refractivity contribution is -0.0704. The molecule has 148 valence electrons. The molecule has 0 spiro atoms. The molecular weight excluding hydrogens is 356 g/mol. The van der Waals surface area contributed by atoms with Gasteiger partial charge in [0.05, 0.1) is 18.7 Å². The summed E-state index contributed by atoms with van der Waals surface area (Å²) < 4.78 is 7.52. The van der Waals surface area contributed by atoms with E-state index in [-0.39, 0.29) is 13.1 Å². The number of carbonyl (C=O) groups excluding carboxylic acids is 1. The average molecular weight is 382 g/mol. The summed E-state index contributed by atoms with van der Waals surface area (Å²) in [5.41, 5.74) is 1.30. The van der Waals surface area contributed by atoms with Gasteiger partial charge in [0.15, 0.2) is 0 Å². The Morgan fingerprint density at radius 1 is 0.964 bits per heavy atom. The van der Waals surface area contributed by atoms with Crippen molar-refractivity contribution in [1.82, 2.24) is 9.47 Å². The van der Waals surface area contributed by atoms with Gasteiger partial charge in [-0.3, -0.25) is 0 Å². The zero-order valence-corrected chi connectivity index (χ0v) is 16.4. The molecule has 2 heterocycles. The van der Waals surface area contributed by atoms with Crippen LogP contribution in [0.15, 0.2) is 48.5 Å². The van der Waals surface area contributed by atoms with Crippen molar-refractivity contribution in [2.24, 2.45) is 0 Å². The highest BCUT2D eigenvalue weighted by Gasteiger charge is 2.40. The predicted octanol–water partition coefficient (Wildman–Crippen LogP) is 3.31. The minimum Gasteiger partial charge on any atom is -0.444 e. The Balaban J connectivity index is 1.79. The first-order chi connectivity index (χ1) is 13.3. The van der Waals surface area contributed by atoms with Gasteiger partial charge in [0.1, 0.15) is 11.7 Å². The molecule has 0 bridgehead atoms. The van der Waals surface area contributed by atoms with Crippen LogP contribution in [0.2, 0.25) is 0 Å². The van der Waals surface area contributed by atoms with E-state index >= 15 is 0 Å². The number of likely N-dealkylation sites (tertiary alicyclic amines) is 1. The number of piperidine rings is 1. The predicted molar refractivity (Wildman–Crippen MR) is 108 cm³/mol. The Morgan fingerprint density at radius 2 is 1.50 bits per heavy atom. The second kappa shape index (κ2) is 6.79. The number of aromatic nitrogens is 1. The minimum absolute atomic E-state index is 0.0454. The largest absolute Gasteiger partial charge is 0.444 e. The number of carbonyl (C=O) groups is 1. The molecule has 3 aromatic rings. The van der Waals surface area contributed by atoms with E-state index in [4.69, 9.17) is 4.74 Å². The molecule has 6 nitrogen and oxygen atoms in total. The maximum Gasteiger partial charge on any atom is 0.410 e. The Labute approximate surface area is 163 Å². The number of fused-ring (bicyclic) bond motifs is 3. The quantitative estimate of drug-likeness (QED) is 0.677. The Hall–Kier alpha value is -2.57. The molecule has 1 amide bonds. The number of nitrogens with zero attached hydrogens (tertiary/aromatic N) is 2. The van der Waals surface area contributed by atoms with Crippen molar-refractivity contribution in [2.45, 2.75) is 44.6 Å². The molecule has 1 aliphatic rings. The second-order valence-corrected chi connectivity index (χ2v) is 8.41. The number of rotatable bonds is 1. The van der Waals surface area contributed by atoms with E-state index in [1.54, 1.807) is 0 Å². The lowest BCUT2D eigenvalue weighted by Gasteiger charge is -2.40. The molecule has 4 rings (SSSR count). The molecule has 1 unspecified atom stereocenters. The summed E-state index contributed by atoms with van der Waals surface area (Å²) in [7, 11) is 0. The van der Waals surface area contributed by atoms with Crippen LogP contribution < -0.4 is 0 Å². The summed E-state index contributed by atoms with van der Waals surface area (Å²) in [4.78, 5) is 14.1. The Kier molecular flexibility index (Phi) is 4.56. The van der Waals surface area contributed by atoms with Crippen molar-refractivity contribution in [3.05, 3.63) is 48.5 Å². The van der Waals surface area contributed by atoms with Crippen molar-refractivity contribution < 1.29 is 19.7 Å². The summed E-state index contributed by atoms with van der Waals surface area (Å²) in [5.74, 6) is 0. The SMILES string of the molecule is CC(C)(C)OC(=O)N1CC(O)[C@H](O)[C@@H](n2c3ccccc3c3ccccc32)C1. The minimum atomic E-state index is -1.05. The highest BCUT2D eigenvalue weighted by Crippen LogP contribution is 2.35. The second-order valence-electron chi connectivity index (χ2n) is 8.41. The fraction of sp³-hybridized carbons (Fsp3) is 0.409. The topological polar surface area (TPSA) is 74.9 Å². The first-order valence-electron chi connectivity index (χ1n) is 9.58. The summed E-state index contributed by atoms with van der Waals surface area (Å²) in [6.45, 7) is 5.74. The molecule has 0 aliphatic carbocycles. The van der Waals surface area contributed by atoms with Gasteiger partial charge in [0, 0.05) is 28.4 Å². The molecule has 28 heavy (non-hydrogen) atoms. The van der Waals surface area contributed by atoms with Gasteiger partial charge in [0.2, 0.25) is 0 Å². The number of hydrogen-bond donors (Lipinski definition) is 2. The van der Waals surface area contributed by atoms with E-state index in [2.05, 4.69) is 0 Å². The third-order valence-electron chi connectivity index (χ3n) is 5.20. The highest BCUT2D eigenvalue weighted by molar-refractivity contribution is 6.08. The molecule has 1 fully saturated rings. The maximum atomic E-state index is 12.6. The van der Waals surface area contributed by atoms with Gasteiger partial charge in [-0.15, -0.1) is 0 Å². The van der Waals surface area contributed by atoms with Gasteiger partial charge >= 0.3 is 6.09 Å². The van der Waals surface area contributed by atoms with Crippen LogP contribution in [-0.2, 0) is 4.74 Å². The molecule has 1 aromatic heterocycles. The van der Waals surface area contributed by atoms with Crippen LogP contribution in [0.3, 0.4) is 0 Å². The number of ether oxygens (including phenoxy) is 1. The van der Waals surface area contributed by atoms with E-state index in [9.17, 15) is 15.0 Å². The molecule has 1 saturated heterocycles. The standard InChI is InChI=1S/C22H26N2O4/c1-22(2,3)28-21(27)23-12-18(20(26)19(25)13-23)24-16-10-6-4-8-14(16)15-9-5-7-11-17(15)24/h4-11,18-20,25-26H,12-13H2,1-3H3/t18-,19?,20+/m0/s1. The number of β-amino-alcohol motifs (C(OH)–C–C–N with tert-alkyl or cyclic N) is 1. The van der Waals surface area contributed by atoms with Crippen LogP contribution in [0.1, 0.15) is 26.8 Å². The van der Waals surface area contributed by atoms with Crippen LogP contribution in [0, 0.1) is 0 Å². The summed E-state index contributed by atoms with van der Waals surface area (Å²) in [5, 5.41) is 23.5. The summed E-state index contributed by atoms with van der Waals surface area (Å²) in [6.07, 6.45) is -2.52. The molecule has 2 aromatic carbocycles. The van der Waals surface area contributed by atoms with Crippen molar-refractivity contribution in [3.8, 4) is 0 Å². The summed E-state index contributed by atoms with van der Waals surface area (Å²) in [6, 6.07) is 15.5. The molecule has 0 saturated carbocycles. The maximum absolute atomic E-state index is 12.6. The van der Waals surface area contributed by atoms with Crippen LogP contribution in [0.25, 0.3) is 21.8 Å². The third kappa shape index (κ3) is 3.23. The fourth-order valence-electron chi connectivity index (χ4n) is 4.02. The van der Waals surface area contributed by atoms with Crippen molar-refractivity contribution in [1.29, 1.82) is 0 Å². The molecule has 1 aliphatic heterocycles. The Bertz CT molecular complexity index is 967. The van der Waals surface area contributed by atoms with Gasteiger partial charge in [-0.25, -0.2) is 4.79 Å². The molecule has 2 N–H and O–H groups in total. The van der Waals surface area contributed by atoms with Crippen molar-refractivity contribution in [3.63, 3.8) is 0 Å². The number of hydrogen-bond acceptors (Lipinski definition) is 4. The van der Waals surface area contributed by atoms with E-state index in [0.29, 0.717) is 0 Å². The van der Waals surface area contributed by atoms with Crippen molar-refractivity contribution >= 4 is 27.9 Å². The number of aliphatic hydroxyl groups is 2. The van der Waals surface area contributed by atoms with Gasteiger partial charge in [0.25, 0.3) is 0 Å². The lowest BCUT2D eigenvalue weighted by atomic mass is 9.99. The fourth-order valence-corrected chi connectivity index (χ4v) is 4.02. The van der Waals surface area contributed by atoms with Crippen LogP contribution in [0.5, 0.6) is 0 Å². The van der Waals surface area contributed by atoms with Gasteiger partial charge in [-0.2, -0.15) is 0 Å². The first-order valence-corrected chi connectivity index (χ1v) is 9.58. The Morgan fingerprint density at radius 3 is 2.04 bits per heavy atom. The number of para-hydroxylation sites is 2. The monoisotopic (exact) mass is 382 g/mol. The smallest absolute Gasteiger partial charge is 0.410 e. The first kappa shape index (κ1) is 18.8. The molecular formula is C22H26N2O4. The third-order valence-corrected chi connectivity index (χ3v) is 5.20.